The van der Waals surface area contributed by atoms with Crippen LogP contribution in [0.15, 0.2) is 40.9 Å². The molecule has 0 spiro atoms. The van der Waals surface area contributed by atoms with Gasteiger partial charge in [-0.1, -0.05) is 33.6 Å². The van der Waals surface area contributed by atoms with Gasteiger partial charge in [-0.3, -0.25) is 4.79 Å². The zero-order valence-corrected chi connectivity index (χ0v) is 13.5. The predicted octanol–water partition coefficient (Wildman–Crippen LogP) is 4.18. The van der Waals surface area contributed by atoms with E-state index in [-0.39, 0.29) is 12.1 Å². The number of rotatable bonds is 4. The van der Waals surface area contributed by atoms with E-state index in [2.05, 4.69) is 21.2 Å². The highest BCUT2D eigenvalue weighted by Gasteiger charge is 2.12. The van der Waals surface area contributed by atoms with Crippen LogP contribution >= 0.6 is 27.5 Å². The third kappa shape index (κ3) is 3.95. The van der Waals surface area contributed by atoms with Crippen molar-refractivity contribution in [3.8, 4) is 5.75 Å². The minimum Gasteiger partial charge on any atom is -0.495 e. The van der Waals surface area contributed by atoms with E-state index in [4.69, 9.17) is 16.3 Å². The molecule has 1 amide bonds. The summed E-state index contributed by atoms with van der Waals surface area (Å²) < 4.78 is 19.3. The average Bonchev–Trinajstić information content (AvgIpc) is 2.48. The van der Waals surface area contributed by atoms with Crippen LogP contribution in [0.5, 0.6) is 5.75 Å². The van der Waals surface area contributed by atoms with Gasteiger partial charge in [0.2, 0.25) is 0 Å². The highest BCUT2D eigenvalue weighted by atomic mass is 79.9. The van der Waals surface area contributed by atoms with Gasteiger partial charge in [0.25, 0.3) is 5.91 Å². The summed E-state index contributed by atoms with van der Waals surface area (Å²) in [4.78, 5) is 12.0. The van der Waals surface area contributed by atoms with Gasteiger partial charge in [-0.15, -0.1) is 0 Å². The lowest BCUT2D eigenvalue weighted by Gasteiger charge is -2.09. The average molecular weight is 373 g/mol. The molecule has 0 aromatic heterocycles. The molecule has 21 heavy (non-hydrogen) atoms. The lowest BCUT2D eigenvalue weighted by atomic mass is 10.1. The number of carbonyl (C=O) groups excluding carboxylic acids is 1. The van der Waals surface area contributed by atoms with Crippen molar-refractivity contribution in [3.63, 3.8) is 0 Å². The van der Waals surface area contributed by atoms with Crippen LogP contribution in [0.2, 0.25) is 5.02 Å². The number of amides is 1. The van der Waals surface area contributed by atoms with Crippen molar-refractivity contribution in [2.45, 2.75) is 6.54 Å². The van der Waals surface area contributed by atoms with Crippen molar-refractivity contribution in [1.82, 2.24) is 5.32 Å². The van der Waals surface area contributed by atoms with Crippen molar-refractivity contribution in [1.29, 1.82) is 0 Å². The minimum absolute atomic E-state index is 0.00898. The quantitative estimate of drug-likeness (QED) is 0.874. The van der Waals surface area contributed by atoms with Gasteiger partial charge in [0.1, 0.15) is 11.6 Å². The lowest BCUT2D eigenvalue weighted by Crippen LogP contribution is -2.23. The third-order valence-corrected chi connectivity index (χ3v) is 3.65. The number of halogens is 3. The first-order chi connectivity index (χ1) is 10.0. The monoisotopic (exact) mass is 371 g/mol. The maximum Gasteiger partial charge on any atom is 0.254 e. The number of carbonyl (C=O) groups is 1. The second-order valence-corrected chi connectivity index (χ2v) is 5.60. The van der Waals surface area contributed by atoms with Gasteiger partial charge in [0.15, 0.2) is 0 Å². The van der Waals surface area contributed by atoms with E-state index in [1.807, 2.05) is 0 Å². The Hall–Kier alpha value is -1.59. The smallest absolute Gasteiger partial charge is 0.254 e. The number of ether oxygens (including phenoxy) is 1. The molecule has 0 aliphatic carbocycles. The van der Waals surface area contributed by atoms with Crippen LogP contribution in [-0.4, -0.2) is 13.0 Å². The van der Waals surface area contributed by atoms with E-state index in [0.717, 1.165) is 5.56 Å². The normalized spacial score (nSPS) is 10.3. The fraction of sp³-hybridized carbons (Fsp3) is 0.133. The maximum absolute atomic E-state index is 13.6. The fourth-order valence-electron chi connectivity index (χ4n) is 1.76. The van der Waals surface area contributed by atoms with Gasteiger partial charge >= 0.3 is 0 Å². The minimum atomic E-state index is -0.565. The van der Waals surface area contributed by atoms with Crippen LogP contribution in [0, 0.1) is 5.82 Å². The molecule has 0 atom stereocenters. The molecule has 0 saturated carbocycles. The van der Waals surface area contributed by atoms with Crippen LogP contribution < -0.4 is 10.1 Å². The maximum atomic E-state index is 13.6. The molecule has 3 nitrogen and oxygen atoms in total. The summed E-state index contributed by atoms with van der Waals surface area (Å²) in [6.45, 7) is 0.248. The zero-order valence-electron chi connectivity index (χ0n) is 11.1. The molecule has 0 heterocycles. The van der Waals surface area contributed by atoms with Crippen LogP contribution in [-0.2, 0) is 6.54 Å². The molecule has 1 N–H and O–H groups in total. The summed E-state index contributed by atoms with van der Waals surface area (Å²) in [5, 5.41) is 3.15. The summed E-state index contributed by atoms with van der Waals surface area (Å²) in [6.07, 6.45) is 0. The van der Waals surface area contributed by atoms with Crippen LogP contribution in [0.25, 0.3) is 0 Å². The van der Waals surface area contributed by atoms with Crippen molar-refractivity contribution < 1.29 is 13.9 Å². The molecular weight excluding hydrogens is 361 g/mol. The number of benzene rings is 2. The van der Waals surface area contributed by atoms with E-state index in [1.54, 1.807) is 18.2 Å². The first kappa shape index (κ1) is 15.8. The third-order valence-electron chi connectivity index (χ3n) is 2.84. The highest BCUT2D eigenvalue weighted by molar-refractivity contribution is 9.10. The molecule has 2 aromatic carbocycles. The fourth-order valence-corrected chi connectivity index (χ4v) is 2.32. The molecule has 6 heteroatoms. The van der Waals surface area contributed by atoms with Crippen molar-refractivity contribution in [2.75, 3.05) is 7.11 Å². The summed E-state index contributed by atoms with van der Waals surface area (Å²) in [7, 11) is 1.51. The Morgan fingerprint density at radius 2 is 2.10 bits per heavy atom. The molecule has 0 saturated heterocycles. The topological polar surface area (TPSA) is 38.3 Å². The van der Waals surface area contributed by atoms with E-state index in [9.17, 15) is 9.18 Å². The van der Waals surface area contributed by atoms with E-state index < -0.39 is 11.7 Å². The Balaban J connectivity index is 2.09. The molecule has 0 fully saturated rings. The van der Waals surface area contributed by atoms with Gasteiger partial charge in [-0.2, -0.15) is 0 Å². The van der Waals surface area contributed by atoms with Gasteiger partial charge in [-0.05, 0) is 35.9 Å². The standard InChI is InChI=1S/C15H12BrClFNO2/c1-21-14-6-9(2-4-12(14)17)8-19-15(20)11-7-10(16)3-5-13(11)18/h2-7H,8H2,1H3,(H,19,20). The van der Waals surface area contributed by atoms with Crippen LogP contribution in [0.3, 0.4) is 0 Å². The predicted molar refractivity (Wildman–Crippen MR) is 83.3 cm³/mol. The summed E-state index contributed by atoms with van der Waals surface area (Å²) in [6, 6.07) is 9.39. The van der Waals surface area contributed by atoms with Crippen LogP contribution in [0.4, 0.5) is 4.39 Å². The molecule has 0 radical (unpaired) electrons. The molecule has 2 aromatic rings. The second kappa shape index (κ2) is 6.91. The lowest BCUT2D eigenvalue weighted by molar-refractivity contribution is 0.0946. The number of methoxy groups -OCH3 is 1. The second-order valence-electron chi connectivity index (χ2n) is 4.28. The van der Waals surface area contributed by atoms with Crippen molar-refractivity contribution >= 4 is 33.4 Å². The Morgan fingerprint density at radius 1 is 1.33 bits per heavy atom. The summed E-state index contributed by atoms with van der Waals surface area (Å²) in [5.74, 6) is -0.524. The highest BCUT2D eigenvalue weighted by Crippen LogP contribution is 2.25. The zero-order chi connectivity index (χ0) is 15.4. The number of nitrogens with one attached hydrogen (secondary N) is 1. The molecule has 110 valence electrons. The van der Waals surface area contributed by atoms with E-state index in [1.165, 1.54) is 25.3 Å². The molecular formula is C15H12BrClFNO2. The number of hydrogen-bond acceptors (Lipinski definition) is 2. The van der Waals surface area contributed by atoms with Gasteiger partial charge in [0.05, 0.1) is 17.7 Å². The molecule has 0 aliphatic heterocycles. The Morgan fingerprint density at radius 3 is 2.81 bits per heavy atom. The molecule has 0 unspecified atom stereocenters. The Bertz CT molecular complexity index is 679. The Kier molecular flexibility index (Phi) is 5.20. The largest absolute Gasteiger partial charge is 0.495 e. The summed E-state index contributed by atoms with van der Waals surface area (Å²) in [5.41, 5.74) is 0.797. The molecule has 0 bridgehead atoms. The van der Waals surface area contributed by atoms with Crippen molar-refractivity contribution in [3.05, 3.63) is 62.8 Å². The van der Waals surface area contributed by atoms with Crippen LogP contribution in [0.1, 0.15) is 15.9 Å². The van der Waals surface area contributed by atoms with Gasteiger partial charge < -0.3 is 10.1 Å². The van der Waals surface area contributed by atoms with Gasteiger partial charge in [0, 0.05) is 11.0 Å². The SMILES string of the molecule is COc1cc(CNC(=O)c2cc(Br)ccc2F)ccc1Cl. The first-order valence-corrected chi connectivity index (χ1v) is 7.24. The molecule has 2 rings (SSSR count). The van der Waals surface area contributed by atoms with Crippen molar-refractivity contribution in [2.24, 2.45) is 0 Å². The van der Waals surface area contributed by atoms with E-state index >= 15 is 0 Å². The Labute approximate surface area is 135 Å². The summed E-state index contributed by atoms with van der Waals surface area (Å²) >= 11 is 9.14. The number of hydrogen-bond donors (Lipinski definition) is 1. The van der Waals surface area contributed by atoms with Gasteiger partial charge in [-0.25, -0.2) is 4.39 Å². The molecule has 0 aliphatic rings. The first-order valence-electron chi connectivity index (χ1n) is 6.07. The van der Waals surface area contributed by atoms with E-state index in [0.29, 0.717) is 15.2 Å².